The van der Waals surface area contributed by atoms with Crippen LogP contribution in [0.25, 0.3) is 0 Å². The molecule has 0 fully saturated rings. The van der Waals surface area contributed by atoms with E-state index in [1.54, 1.807) is 0 Å². The molecular weight excluding hydrogens is 176 g/mol. The summed E-state index contributed by atoms with van der Waals surface area (Å²) in [6.07, 6.45) is 1.20. The quantitative estimate of drug-likeness (QED) is 0.201. The summed E-state index contributed by atoms with van der Waals surface area (Å²) < 4.78 is 8.44. The Balaban J connectivity index is 4.72. The van der Waals surface area contributed by atoms with E-state index in [4.69, 9.17) is 0 Å². The molecule has 0 aromatic heterocycles. The fourth-order valence-corrected chi connectivity index (χ4v) is 0.654. The number of Topliss-reactive ketones (excluding diaryl/α,β-unsaturated/α-hetero) is 1. The molecule has 0 aliphatic heterocycles. The number of allylic oxidation sites excluding steroid dienone is 1. The number of ether oxygens (including phenoxy) is 2. The molecule has 0 heterocycles. The van der Waals surface area contributed by atoms with Gasteiger partial charge in [0.1, 0.15) is 5.57 Å². The van der Waals surface area contributed by atoms with Gasteiger partial charge in [-0.25, -0.2) is 9.59 Å². The first-order valence-electron chi connectivity index (χ1n) is 3.45. The Labute approximate surface area is 75.3 Å². The lowest BCUT2D eigenvalue weighted by Crippen LogP contribution is -2.23. The van der Waals surface area contributed by atoms with Gasteiger partial charge in [-0.05, 0) is 6.92 Å². The number of rotatable bonds is 3. The summed E-state index contributed by atoms with van der Waals surface area (Å²) >= 11 is 0. The number of methoxy groups -OCH3 is 2. The normalized spacial score (nSPS) is 10.5. The Morgan fingerprint density at radius 2 is 1.46 bits per heavy atom. The molecule has 5 heteroatoms. The Bertz CT molecular complexity index is 264. The molecule has 0 N–H and O–H groups in total. The number of carbonyl (C=O) groups is 3. The molecule has 0 rings (SSSR count). The zero-order chi connectivity index (χ0) is 10.4. The lowest BCUT2D eigenvalue weighted by atomic mass is 10.1. The Morgan fingerprint density at radius 3 is 1.77 bits per heavy atom. The zero-order valence-corrected chi connectivity index (χ0v) is 7.62. The zero-order valence-electron chi connectivity index (χ0n) is 7.62. The molecule has 0 bridgehead atoms. The van der Waals surface area contributed by atoms with Crippen molar-refractivity contribution in [2.24, 2.45) is 0 Å². The van der Waals surface area contributed by atoms with Crippen molar-refractivity contribution in [3.05, 3.63) is 11.6 Å². The molecule has 13 heavy (non-hydrogen) atoms. The van der Waals surface area contributed by atoms with Crippen LogP contribution in [0.4, 0.5) is 0 Å². The molecule has 0 unspecified atom stereocenters. The van der Waals surface area contributed by atoms with Crippen molar-refractivity contribution in [1.29, 1.82) is 0 Å². The van der Waals surface area contributed by atoms with Gasteiger partial charge in [0.25, 0.3) is 5.78 Å². The second-order valence-electron chi connectivity index (χ2n) is 2.01. The predicted molar refractivity (Wildman–Crippen MR) is 42.8 cm³/mol. The predicted octanol–water partition coefficient (Wildman–Crippen LogP) is -0.152. The maximum absolute atomic E-state index is 11.1. The van der Waals surface area contributed by atoms with E-state index < -0.39 is 17.7 Å². The van der Waals surface area contributed by atoms with Gasteiger partial charge in [0.2, 0.25) is 0 Å². The van der Waals surface area contributed by atoms with Gasteiger partial charge in [-0.3, -0.25) is 4.79 Å². The third kappa shape index (κ3) is 2.70. The van der Waals surface area contributed by atoms with Crippen molar-refractivity contribution in [3.8, 4) is 0 Å². The Morgan fingerprint density at radius 1 is 1.00 bits per heavy atom. The summed E-state index contributed by atoms with van der Waals surface area (Å²) in [5.74, 6) is -2.94. The highest BCUT2D eigenvalue weighted by Gasteiger charge is 2.25. The highest BCUT2D eigenvalue weighted by molar-refractivity contribution is 6.46. The summed E-state index contributed by atoms with van der Waals surface area (Å²) in [6.45, 7) is 1.45. The highest BCUT2D eigenvalue weighted by Crippen LogP contribution is 2.00. The maximum atomic E-state index is 11.1. The van der Waals surface area contributed by atoms with Crippen LogP contribution in [0, 0.1) is 0 Å². The minimum Gasteiger partial charge on any atom is -0.465 e. The number of esters is 2. The molecule has 0 aromatic rings. The van der Waals surface area contributed by atoms with E-state index in [9.17, 15) is 14.4 Å². The first-order chi connectivity index (χ1) is 6.08. The van der Waals surface area contributed by atoms with Gasteiger partial charge in [-0.1, -0.05) is 6.08 Å². The second-order valence-corrected chi connectivity index (χ2v) is 2.01. The molecule has 0 radical (unpaired) electrons. The second kappa shape index (κ2) is 5.08. The fraction of sp³-hybridized carbons (Fsp3) is 0.375. The van der Waals surface area contributed by atoms with Gasteiger partial charge >= 0.3 is 11.9 Å². The van der Waals surface area contributed by atoms with Crippen molar-refractivity contribution in [2.45, 2.75) is 6.92 Å². The van der Waals surface area contributed by atoms with E-state index in [0.29, 0.717) is 0 Å². The van der Waals surface area contributed by atoms with Crippen molar-refractivity contribution in [1.82, 2.24) is 0 Å². The van der Waals surface area contributed by atoms with E-state index in [0.717, 1.165) is 14.2 Å². The largest absolute Gasteiger partial charge is 0.465 e. The van der Waals surface area contributed by atoms with Gasteiger partial charge in [-0.2, -0.15) is 0 Å². The molecule has 5 nitrogen and oxygen atoms in total. The molecule has 0 saturated heterocycles. The SMILES string of the molecule is C/C=C(\C(=O)OC)C(=O)C(=O)OC. The molecule has 0 aliphatic rings. The van der Waals surface area contributed by atoms with Gasteiger partial charge in [0, 0.05) is 0 Å². The number of ketones is 1. The number of hydrogen-bond acceptors (Lipinski definition) is 5. The van der Waals surface area contributed by atoms with Gasteiger partial charge in [0.15, 0.2) is 0 Å². The maximum Gasteiger partial charge on any atom is 0.379 e. The Kier molecular flexibility index (Phi) is 4.43. The van der Waals surface area contributed by atoms with E-state index >= 15 is 0 Å². The van der Waals surface area contributed by atoms with E-state index in [-0.39, 0.29) is 5.57 Å². The van der Waals surface area contributed by atoms with Crippen LogP contribution < -0.4 is 0 Å². The van der Waals surface area contributed by atoms with Gasteiger partial charge in [0.05, 0.1) is 14.2 Å². The van der Waals surface area contributed by atoms with E-state index in [1.165, 1.54) is 13.0 Å². The van der Waals surface area contributed by atoms with Crippen molar-refractivity contribution in [3.63, 3.8) is 0 Å². The molecule has 0 amide bonds. The first kappa shape index (κ1) is 11.4. The summed E-state index contributed by atoms with van der Waals surface area (Å²) in [5, 5.41) is 0. The molecule has 72 valence electrons. The minimum atomic E-state index is -1.08. The molecule has 0 spiro atoms. The van der Waals surface area contributed by atoms with Crippen LogP contribution in [0.3, 0.4) is 0 Å². The Hall–Kier alpha value is -1.65. The minimum absolute atomic E-state index is 0.325. The van der Waals surface area contributed by atoms with Crippen LogP contribution in [0.2, 0.25) is 0 Å². The van der Waals surface area contributed by atoms with E-state index in [2.05, 4.69) is 9.47 Å². The van der Waals surface area contributed by atoms with Crippen LogP contribution in [-0.2, 0) is 23.9 Å². The summed E-state index contributed by atoms with van der Waals surface area (Å²) in [4.78, 5) is 32.7. The third-order valence-electron chi connectivity index (χ3n) is 1.31. The van der Waals surface area contributed by atoms with Crippen LogP contribution in [0.15, 0.2) is 11.6 Å². The van der Waals surface area contributed by atoms with Crippen LogP contribution >= 0.6 is 0 Å². The van der Waals surface area contributed by atoms with Crippen molar-refractivity contribution >= 4 is 17.7 Å². The molecule has 0 saturated carbocycles. The molecule has 0 atom stereocenters. The van der Waals surface area contributed by atoms with Gasteiger partial charge in [-0.15, -0.1) is 0 Å². The van der Waals surface area contributed by atoms with Crippen molar-refractivity contribution in [2.75, 3.05) is 14.2 Å². The third-order valence-corrected chi connectivity index (χ3v) is 1.31. The van der Waals surface area contributed by atoms with Gasteiger partial charge < -0.3 is 9.47 Å². The lowest BCUT2D eigenvalue weighted by Gasteiger charge is -2.01. The number of carbonyl (C=O) groups excluding carboxylic acids is 3. The highest BCUT2D eigenvalue weighted by atomic mass is 16.5. The van der Waals surface area contributed by atoms with Crippen LogP contribution in [-0.4, -0.2) is 31.9 Å². The summed E-state index contributed by atoms with van der Waals surface area (Å²) in [6, 6.07) is 0. The standard InChI is InChI=1S/C8H10O5/c1-4-5(7(10)12-2)6(9)8(11)13-3/h4H,1-3H3/b5-4-. The van der Waals surface area contributed by atoms with Crippen molar-refractivity contribution < 1.29 is 23.9 Å². The topological polar surface area (TPSA) is 69.7 Å². The summed E-state index contributed by atoms with van der Waals surface area (Å²) in [5.41, 5.74) is -0.325. The van der Waals surface area contributed by atoms with E-state index in [1.807, 2.05) is 0 Å². The lowest BCUT2D eigenvalue weighted by molar-refractivity contribution is -0.151. The average molecular weight is 186 g/mol. The molecule has 0 aromatic carbocycles. The average Bonchev–Trinajstić information content (AvgIpc) is 2.17. The number of hydrogen-bond donors (Lipinski definition) is 0. The first-order valence-corrected chi connectivity index (χ1v) is 3.45. The molecule has 0 aliphatic carbocycles. The summed E-state index contributed by atoms with van der Waals surface area (Å²) in [7, 11) is 2.18. The van der Waals surface area contributed by atoms with Crippen LogP contribution in [0.1, 0.15) is 6.92 Å². The molecular formula is C8H10O5. The monoisotopic (exact) mass is 186 g/mol. The fourth-order valence-electron chi connectivity index (χ4n) is 0.654. The smallest absolute Gasteiger partial charge is 0.379 e. The van der Waals surface area contributed by atoms with Crippen LogP contribution in [0.5, 0.6) is 0 Å².